The summed E-state index contributed by atoms with van der Waals surface area (Å²) in [6, 6.07) is 0.947. The molecule has 0 atom stereocenters. The monoisotopic (exact) mass is 535 g/mol. The highest BCUT2D eigenvalue weighted by atomic mass is 32.1. The number of alkyl halides is 3. The summed E-state index contributed by atoms with van der Waals surface area (Å²) in [6.07, 6.45) is -1.94. The number of imidazole rings is 1. The van der Waals surface area contributed by atoms with Crippen LogP contribution in [0.1, 0.15) is 24.6 Å². The first-order valence-electron chi connectivity index (χ1n) is 10.9. The molecule has 4 aromatic heterocycles. The number of hydrogen-bond donors (Lipinski definition) is 1. The lowest BCUT2D eigenvalue weighted by atomic mass is 10.1. The minimum atomic E-state index is -4.57. The number of nitrogens with zero attached hydrogens (tertiary/aromatic N) is 6. The summed E-state index contributed by atoms with van der Waals surface area (Å²) in [7, 11) is 1.40. The number of anilines is 1. The number of Topliss-reactive ketones (excluding diaryl/α,β-unsaturated/α-hetero) is 1. The third-order valence-corrected chi connectivity index (χ3v) is 6.45. The predicted octanol–water partition coefficient (Wildman–Crippen LogP) is 2.36. The van der Waals surface area contributed by atoms with E-state index in [0.29, 0.717) is 0 Å². The molecule has 4 aromatic rings. The van der Waals surface area contributed by atoms with Crippen LogP contribution in [0.4, 0.5) is 19.0 Å². The standard InChI is InChI=1S/C22H20F3N7O4S/c1-4-13(33)7-32-20(35)17-18(30(3)21(32)36)27-10-31(17)8-16(34)28-15-9-37-19(29-15)12-5-14(22(23,24)25)11(2)26-6-12/h5-6,9-10H,4,7-8H2,1-3H3,(H,28,34). The van der Waals surface area contributed by atoms with Gasteiger partial charge in [-0.05, 0) is 13.0 Å². The van der Waals surface area contributed by atoms with Crippen LogP contribution in [0, 0.1) is 6.92 Å². The SMILES string of the molecule is CCC(=O)Cn1c(=O)c2c(ncn2CC(=O)Nc2csc(-c3cnc(C)c(C(F)(F)F)c3)n2)n(C)c1=O. The minimum absolute atomic E-state index is 0.0365. The van der Waals surface area contributed by atoms with Gasteiger partial charge in [0.1, 0.15) is 17.4 Å². The second kappa shape index (κ2) is 9.72. The molecule has 0 saturated carbocycles. The number of halogens is 3. The fourth-order valence-corrected chi connectivity index (χ4v) is 4.34. The largest absolute Gasteiger partial charge is 0.418 e. The van der Waals surface area contributed by atoms with E-state index in [1.54, 1.807) is 6.92 Å². The molecular weight excluding hydrogens is 515 g/mol. The number of rotatable bonds is 7. The van der Waals surface area contributed by atoms with Gasteiger partial charge in [0.15, 0.2) is 16.9 Å². The molecule has 0 saturated heterocycles. The molecule has 0 radical (unpaired) electrons. The van der Waals surface area contributed by atoms with E-state index in [2.05, 4.69) is 20.3 Å². The van der Waals surface area contributed by atoms with E-state index in [9.17, 15) is 32.3 Å². The zero-order valence-corrected chi connectivity index (χ0v) is 20.6. The van der Waals surface area contributed by atoms with Crippen molar-refractivity contribution in [3.05, 3.63) is 56.1 Å². The normalized spacial score (nSPS) is 11.7. The van der Waals surface area contributed by atoms with Gasteiger partial charge in [-0.2, -0.15) is 13.2 Å². The van der Waals surface area contributed by atoms with Crippen LogP contribution in [-0.4, -0.2) is 40.3 Å². The number of aryl methyl sites for hydroxylation is 2. The van der Waals surface area contributed by atoms with Crippen molar-refractivity contribution < 1.29 is 22.8 Å². The lowest BCUT2D eigenvalue weighted by Gasteiger charge is -2.10. The van der Waals surface area contributed by atoms with Crippen LogP contribution in [0.5, 0.6) is 0 Å². The number of aromatic nitrogens is 6. The van der Waals surface area contributed by atoms with Gasteiger partial charge >= 0.3 is 11.9 Å². The number of carbonyl (C=O) groups is 2. The van der Waals surface area contributed by atoms with Crippen molar-refractivity contribution in [3.8, 4) is 10.6 Å². The highest BCUT2D eigenvalue weighted by Gasteiger charge is 2.33. The van der Waals surface area contributed by atoms with Crippen molar-refractivity contribution in [1.29, 1.82) is 0 Å². The molecule has 1 amide bonds. The molecule has 1 N–H and O–H groups in total. The number of amides is 1. The van der Waals surface area contributed by atoms with Gasteiger partial charge in [-0.15, -0.1) is 11.3 Å². The fraction of sp³-hybridized carbons (Fsp3) is 0.318. The summed E-state index contributed by atoms with van der Waals surface area (Å²) in [4.78, 5) is 62.0. The number of pyridine rings is 1. The second-order valence-electron chi connectivity index (χ2n) is 8.11. The third-order valence-electron chi connectivity index (χ3n) is 5.56. The van der Waals surface area contributed by atoms with Crippen molar-refractivity contribution in [2.45, 2.75) is 39.5 Å². The maximum Gasteiger partial charge on any atom is 0.418 e. The van der Waals surface area contributed by atoms with Crippen LogP contribution in [0.2, 0.25) is 0 Å². The summed E-state index contributed by atoms with van der Waals surface area (Å²) in [5.41, 5.74) is -2.34. The molecule has 194 valence electrons. The van der Waals surface area contributed by atoms with Crippen LogP contribution in [0.3, 0.4) is 0 Å². The summed E-state index contributed by atoms with van der Waals surface area (Å²) in [5, 5.41) is 4.21. The average Bonchev–Trinajstić information content (AvgIpc) is 3.47. The third kappa shape index (κ3) is 5.07. The summed E-state index contributed by atoms with van der Waals surface area (Å²) >= 11 is 1.02. The highest BCUT2D eigenvalue weighted by Crippen LogP contribution is 2.34. The molecule has 37 heavy (non-hydrogen) atoms. The van der Waals surface area contributed by atoms with Crippen LogP contribution in [-0.2, 0) is 35.9 Å². The Balaban J connectivity index is 1.58. The molecule has 4 heterocycles. The van der Waals surface area contributed by atoms with Crippen molar-refractivity contribution in [1.82, 2.24) is 28.7 Å². The summed E-state index contributed by atoms with van der Waals surface area (Å²) in [6.45, 7) is 2.09. The quantitative estimate of drug-likeness (QED) is 0.384. The van der Waals surface area contributed by atoms with Gasteiger partial charge < -0.3 is 9.88 Å². The molecule has 0 aromatic carbocycles. The smallest absolute Gasteiger partial charge is 0.315 e. The molecule has 15 heteroatoms. The Morgan fingerprint density at radius 3 is 2.57 bits per heavy atom. The first kappa shape index (κ1) is 25.9. The zero-order chi connectivity index (χ0) is 27.1. The lowest BCUT2D eigenvalue weighted by molar-refractivity contribution is -0.138. The topological polar surface area (TPSA) is 134 Å². The van der Waals surface area contributed by atoms with E-state index in [4.69, 9.17) is 0 Å². The first-order chi connectivity index (χ1) is 17.4. The maximum atomic E-state index is 13.2. The van der Waals surface area contributed by atoms with Crippen molar-refractivity contribution in [2.75, 3.05) is 5.32 Å². The van der Waals surface area contributed by atoms with Crippen LogP contribution in [0.25, 0.3) is 21.7 Å². The zero-order valence-electron chi connectivity index (χ0n) is 19.8. The number of carbonyl (C=O) groups excluding carboxylic acids is 2. The molecule has 0 bridgehead atoms. The van der Waals surface area contributed by atoms with Crippen LogP contribution in [0.15, 0.2) is 33.6 Å². The Kier molecular flexibility index (Phi) is 6.82. The first-order valence-corrected chi connectivity index (χ1v) is 11.7. The Bertz CT molecular complexity index is 1650. The van der Waals surface area contributed by atoms with E-state index in [-0.39, 0.29) is 52.0 Å². The lowest BCUT2D eigenvalue weighted by Crippen LogP contribution is -2.41. The predicted molar refractivity (Wildman–Crippen MR) is 128 cm³/mol. The summed E-state index contributed by atoms with van der Waals surface area (Å²) in [5.74, 6) is -0.812. The number of ketones is 1. The number of fused-ring (bicyclic) bond motifs is 1. The molecule has 0 fully saturated rings. The Hall–Kier alpha value is -4.14. The Morgan fingerprint density at radius 2 is 1.89 bits per heavy atom. The van der Waals surface area contributed by atoms with Gasteiger partial charge in [0.2, 0.25) is 5.91 Å². The minimum Gasteiger partial charge on any atom is -0.315 e. The maximum absolute atomic E-state index is 13.2. The molecule has 0 aliphatic carbocycles. The van der Waals surface area contributed by atoms with Crippen molar-refractivity contribution >= 4 is 40.0 Å². The number of hydrogen-bond acceptors (Lipinski definition) is 8. The average molecular weight is 536 g/mol. The highest BCUT2D eigenvalue weighted by molar-refractivity contribution is 7.13. The van der Waals surface area contributed by atoms with Gasteiger partial charge in [0.05, 0.1) is 18.4 Å². The van der Waals surface area contributed by atoms with Crippen molar-refractivity contribution in [2.24, 2.45) is 7.05 Å². The molecular formula is C22H20F3N7O4S. The van der Waals surface area contributed by atoms with Crippen molar-refractivity contribution in [3.63, 3.8) is 0 Å². The molecule has 0 spiro atoms. The van der Waals surface area contributed by atoms with E-state index in [0.717, 1.165) is 26.5 Å². The van der Waals surface area contributed by atoms with Crippen LogP contribution >= 0.6 is 11.3 Å². The van der Waals surface area contributed by atoms with Gasteiger partial charge in [-0.25, -0.2) is 14.8 Å². The van der Waals surface area contributed by atoms with Crippen LogP contribution < -0.4 is 16.6 Å². The van der Waals surface area contributed by atoms with Gasteiger partial charge in [-0.1, -0.05) is 6.92 Å². The molecule has 0 aliphatic rings. The van der Waals surface area contributed by atoms with Gasteiger partial charge in [0, 0.05) is 36.3 Å². The van der Waals surface area contributed by atoms with E-state index in [1.165, 1.54) is 36.4 Å². The van der Waals surface area contributed by atoms with E-state index < -0.39 is 35.4 Å². The Morgan fingerprint density at radius 1 is 1.16 bits per heavy atom. The molecule has 11 nitrogen and oxygen atoms in total. The number of thiazole rings is 1. The Labute approximate surface area is 210 Å². The fourth-order valence-electron chi connectivity index (χ4n) is 3.61. The second-order valence-corrected chi connectivity index (χ2v) is 8.97. The van der Waals surface area contributed by atoms with E-state index >= 15 is 0 Å². The van der Waals surface area contributed by atoms with Gasteiger partial charge in [0.25, 0.3) is 5.56 Å². The van der Waals surface area contributed by atoms with Gasteiger partial charge in [-0.3, -0.25) is 28.5 Å². The molecule has 4 rings (SSSR count). The van der Waals surface area contributed by atoms with E-state index in [1.807, 2.05) is 0 Å². The summed E-state index contributed by atoms with van der Waals surface area (Å²) < 4.78 is 42.8. The molecule has 0 unspecified atom stereocenters. The molecule has 0 aliphatic heterocycles. The number of nitrogens with one attached hydrogen (secondary N) is 1.